The zero-order valence-electron chi connectivity index (χ0n) is 26.6. The number of methoxy groups -OCH3 is 1. The van der Waals surface area contributed by atoms with Crippen molar-refractivity contribution in [3.05, 3.63) is 119 Å². The number of amides is 2. The maximum Gasteiger partial charge on any atom is 0.407 e. The summed E-state index contributed by atoms with van der Waals surface area (Å²) in [5.41, 5.74) is 8.07. The van der Waals surface area contributed by atoms with Gasteiger partial charge in [-0.25, -0.2) is 9.59 Å². The fourth-order valence-electron chi connectivity index (χ4n) is 6.28. The molecule has 9 nitrogen and oxygen atoms in total. The van der Waals surface area contributed by atoms with Gasteiger partial charge in [-0.05, 0) is 58.0 Å². The van der Waals surface area contributed by atoms with Gasteiger partial charge in [-0.3, -0.25) is 9.69 Å². The van der Waals surface area contributed by atoms with Crippen molar-refractivity contribution in [1.29, 1.82) is 0 Å². The molecule has 2 N–H and O–H groups in total. The van der Waals surface area contributed by atoms with Crippen LogP contribution in [0.2, 0.25) is 0 Å². The van der Waals surface area contributed by atoms with Gasteiger partial charge in [0.1, 0.15) is 12.6 Å². The minimum atomic E-state index is -1.13. The van der Waals surface area contributed by atoms with Crippen LogP contribution in [0.3, 0.4) is 0 Å². The molecule has 1 heterocycles. The van der Waals surface area contributed by atoms with Crippen molar-refractivity contribution in [1.82, 2.24) is 15.5 Å². The Hall–Kier alpha value is -4.99. The number of morpholine rings is 1. The van der Waals surface area contributed by atoms with Gasteiger partial charge in [0.25, 0.3) is 5.91 Å². The van der Waals surface area contributed by atoms with E-state index in [1.165, 1.54) is 12.7 Å². The van der Waals surface area contributed by atoms with Gasteiger partial charge in [-0.15, -0.1) is 0 Å². The number of carbonyl (C=O) groups is 3. The molecule has 1 aliphatic heterocycles. The van der Waals surface area contributed by atoms with E-state index in [1.807, 2.05) is 48.5 Å². The van der Waals surface area contributed by atoms with Crippen molar-refractivity contribution in [2.24, 2.45) is 0 Å². The number of alkyl carbamates (subject to hydrolysis) is 1. The first-order valence-corrected chi connectivity index (χ1v) is 15.9. The number of nitrogens with one attached hydrogen (secondary N) is 2. The number of esters is 1. The summed E-state index contributed by atoms with van der Waals surface area (Å²) in [6, 6.07) is 29.8. The molecule has 4 aromatic carbocycles. The van der Waals surface area contributed by atoms with E-state index in [-0.39, 0.29) is 12.5 Å². The van der Waals surface area contributed by atoms with Crippen LogP contribution in [0.1, 0.15) is 39.9 Å². The van der Waals surface area contributed by atoms with E-state index in [9.17, 15) is 14.4 Å². The molecule has 1 fully saturated rings. The molecule has 6 rings (SSSR count). The van der Waals surface area contributed by atoms with Crippen LogP contribution in [-0.4, -0.2) is 75.0 Å². The Labute approximate surface area is 274 Å². The van der Waals surface area contributed by atoms with Crippen molar-refractivity contribution < 1.29 is 28.6 Å². The van der Waals surface area contributed by atoms with Crippen LogP contribution in [0.4, 0.5) is 4.79 Å². The normalized spacial score (nSPS) is 15.5. The first kappa shape index (κ1) is 32.0. The smallest absolute Gasteiger partial charge is 0.407 e. The fourth-order valence-corrected chi connectivity index (χ4v) is 6.28. The van der Waals surface area contributed by atoms with Gasteiger partial charge in [0.15, 0.2) is 0 Å². The third-order valence-corrected chi connectivity index (χ3v) is 8.88. The van der Waals surface area contributed by atoms with E-state index >= 15 is 0 Å². The number of carbonyl (C=O) groups excluding carboxylic acids is 3. The Morgan fingerprint density at radius 3 is 1.98 bits per heavy atom. The minimum absolute atomic E-state index is 0.101. The summed E-state index contributed by atoms with van der Waals surface area (Å²) >= 11 is 0. The van der Waals surface area contributed by atoms with Crippen LogP contribution in [0.15, 0.2) is 97.1 Å². The van der Waals surface area contributed by atoms with Crippen molar-refractivity contribution in [2.45, 2.75) is 31.5 Å². The number of hydrogen-bond acceptors (Lipinski definition) is 7. The van der Waals surface area contributed by atoms with Crippen molar-refractivity contribution in [3.63, 3.8) is 0 Å². The van der Waals surface area contributed by atoms with Crippen LogP contribution in [0.25, 0.3) is 22.3 Å². The molecule has 4 aromatic rings. The Balaban J connectivity index is 1.05. The van der Waals surface area contributed by atoms with Gasteiger partial charge in [0, 0.05) is 31.1 Å². The van der Waals surface area contributed by atoms with Gasteiger partial charge in [-0.2, -0.15) is 0 Å². The van der Waals surface area contributed by atoms with Crippen LogP contribution in [-0.2, 0) is 25.5 Å². The topological polar surface area (TPSA) is 106 Å². The molecular formula is C38H39N3O6. The Kier molecular flexibility index (Phi) is 9.94. The highest BCUT2D eigenvalue weighted by Crippen LogP contribution is 2.44. The molecule has 2 atom stereocenters. The number of hydrogen-bond donors (Lipinski definition) is 2. The first-order chi connectivity index (χ1) is 22.9. The standard InChI is InChI=1S/C38H39N3O6/c1-25(39-38(44)47-24-34-32-9-5-3-7-30(32)31-8-4-6-10-33(31)34)35(37(43)45-2)40-36(42)29-17-15-28(16-18-29)27-13-11-26(12-14-27)23-41-19-21-46-22-20-41/h3-18,25,34-35H,19-24H2,1-2H3,(H,39,44)(H,40,42)/t25-,35+/m1/s1. The van der Waals surface area contributed by atoms with E-state index in [0.717, 1.165) is 66.2 Å². The van der Waals surface area contributed by atoms with E-state index in [2.05, 4.69) is 51.9 Å². The molecule has 47 heavy (non-hydrogen) atoms. The predicted molar refractivity (Wildman–Crippen MR) is 179 cm³/mol. The third kappa shape index (κ3) is 7.37. The van der Waals surface area contributed by atoms with Crippen LogP contribution in [0.5, 0.6) is 0 Å². The Morgan fingerprint density at radius 1 is 0.809 bits per heavy atom. The molecular weight excluding hydrogens is 594 g/mol. The highest BCUT2D eigenvalue weighted by Gasteiger charge is 2.32. The third-order valence-electron chi connectivity index (χ3n) is 8.88. The van der Waals surface area contributed by atoms with Crippen LogP contribution in [0, 0.1) is 0 Å². The van der Waals surface area contributed by atoms with Gasteiger partial charge in [0.05, 0.1) is 26.4 Å². The molecule has 0 spiro atoms. The molecule has 2 aliphatic rings. The first-order valence-electron chi connectivity index (χ1n) is 15.9. The molecule has 1 aliphatic carbocycles. The molecule has 2 amide bonds. The summed E-state index contributed by atoms with van der Waals surface area (Å²) in [4.78, 5) is 41.2. The van der Waals surface area contributed by atoms with Gasteiger partial charge in [-0.1, -0.05) is 84.9 Å². The second-order valence-corrected chi connectivity index (χ2v) is 11.9. The quantitative estimate of drug-likeness (QED) is 0.226. The van der Waals surface area contributed by atoms with Crippen molar-refractivity contribution in [2.75, 3.05) is 40.0 Å². The molecule has 0 saturated carbocycles. The second-order valence-electron chi connectivity index (χ2n) is 11.9. The SMILES string of the molecule is COC(=O)[C@@H](NC(=O)c1ccc(-c2ccc(CN3CCOCC3)cc2)cc1)[C@@H](C)NC(=O)OCC1c2ccccc2-c2ccccc21. The average Bonchev–Trinajstić information content (AvgIpc) is 3.43. The maximum absolute atomic E-state index is 13.2. The van der Waals surface area contributed by atoms with E-state index in [1.54, 1.807) is 19.1 Å². The molecule has 1 saturated heterocycles. The van der Waals surface area contributed by atoms with E-state index < -0.39 is 30.1 Å². The predicted octanol–water partition coefficient (Wildman–Crippen LogP) is 5.38. The maximum atomic E-state index is 13.2. The number of ether oxygens (including phenoxy) is 3. The summed E-state index contributed by atoms with van der Waals surface area (Å²) in [5, 5.41) is 5.42. The average molecular weight is 634 g/mol. The number of nitrogens with zero attached hydrogens (tertiary/aromatic N) is 1. The lowest BCUT2D eigenvalue weighted by molar-refractivity contribution is -0.143. The van der Waals surface area contributed by atoms with Crippen LogP contribution >= 0.6 is 0 Å². The van der Waals surface area contributed by atoms with Crippen LogP contribution < -0.4 is 10.6 Å². The second kappa shape index (κ2) is 14.6. The van der Waals surface area contributed by atoms with Crippen molar-refractivity contribution in [3.8, 4) is 22.3 Å². The minimum Gasteiger partial charge on any atom is -0.467 e. The Bertz CT molecular complexity index is 1670. The van der Waals surface area contributed by atoms with E-state index in [0.29, 0.717) is 5.56 Å². The summed E-state index contributed by atoms with van der Waals surface area (Å²) in [6.07, 6.45) is -0.692. The molecule has 9 heteroatoms. The largest absolute Gasteiger partial charge is 0.467 e. The Morgan fingerprint density at radius 2 is 1.38 bits per heavy atom. The van der Waals surface area contributed by atoms with Crippen molar-refractivity contribution >= 4 is 18.0 Å². The zero-order chi connectivity index (χ0) is 32.8. The van der Waals surface area contributed by atoms with E-state index in [4.69, 9.17) is 14.2 Å². The summed E-state index contributed by atoms with van der Waals surface area (Å²) in [5.74, 6) is -1.25. The van der Waals surface area contributed by atoms with Gasteiger partial charge < -0.3 is 24.8 Å². The monoisotopic (exact) mass is 633 g/mol. The van der Waals surface area contributed by atoms with Gasteiger partial charge in [0.2, 0.25) is 0 Å². The highest BCUT2D eigenvalue weighted by atomic mass is 16.5. The van der Waals surface area contributed by atoms with Gasteiger partial charge >= 0.3 is 12.1 Å². The molecule has 0 unspecified atom stereocenters. The lowest BCUT2D eigenvalue weighted by Gasteiger charge is -2.26. The number of fused-ring (bicyclic) bond motifs is 3. The number of benzene rings is 4. The molecule has 0 radical (unpaired) electrons. The lowest BCUT2D eigenvalue weighted by Crippen LogP contribution is -2.54. The highest BCUT2D eigenvalue weighted by molar-refractivity contribution is 5.97. The molecule has 0 bridgehead atoms. The fraction of sp³-hybridized carbons (Fsp3) is 0.289. The number of rotatable bonds is 10. The lowest BCUT2D eigenvalue weighted by atomic mass is 9.98. The summed E-state index contributed by atoms with van der Waals surface area (Å²) < 4.78 is 16.0. The molecule has 242 valence electrons. The summed E-state index contributed by atoms with van der Waals surface area (Å²) in [7, 11) is 1.24. The zero-order valence-corrected chi connectivity index (χ0v) is 26.6. The summed E-state index contributed by atoms with van der Waals surface area (Å²) in [6.45, 7) is 6.05. The molecule has 0 aromatic heterocycles.